The lowest BCUT2D eigenvalue weighted by atomic mass is 10.0. The van der Waals surface area contributed by atoms with E-state index >= 15 is 0 Å². The van der Waals surface area contributed by atoms with Crippen molar-refractivity contribution in [2.75, 3.05) is 13.2 Å². The summed E-state index contributed by atoms with van der Waals surface area (Å²) in [7, 11) is 0. The molecule has 2 atom stereocenters. The highest BCUT2D eigenvalue weighted by Crippen LogP contribution is 2.58. The van der Waals surface area contributed by atoms with E-state index < -0.39 is 0 Å². The van der Waals surface area contributed by atoms with Gasteiger partial charge in [-0.3, -0.25) is 0 Å². The van der Waals surface area contributed by atoms with Crippen molar-refractivity contribution in [1.82, 2.24) is 0 Å². The minimum absolute atomic E-state index is 0.0339. The first-order valence-corrected chi connectivity index (χ1v) is 5.57. The van der Waals surface area contributed by atoms with Gasteiger partial charge in [-0.05, 0) is 30.0 Å². The van der Waals surface area contributed by atoms with Crippen LogP contribution in [0.4, 0.5) is 0 Å². The molecule has 1 aliphatic carbocycles. The summed E-state index contributed by atoms with van der Waals surface area (Å²) in [6.07, 6.45) is 1.02. The van der Waals surface area contributed by atoms with Gasteiger partial charge < -0.3 is 10.8 Å². The fourth-order valence-corrected chi connectivity index (χ4v) is 2.24. The maximum atomic E-state index is 9.25. The molecule has 1 saturated carbocycles. The maximum absolute atomic E-state index is 9.25. The molecule has 3 heteroatoms. The Hall–Kier alpha value is -0.380. The van der Waals surface area contributed by atoms with Gasteiger partial charge in [0.1, 0.15) is 0 Å². The van der Waals surface area contributed by atoms with E-state index in [1.165, 1.54) is 5.56 Å². The zero-order valence-electron chi connectivity index (χ0n) is 7.91. The Bertz CT molecular complexity index is 319. The molecule has 2 nitrogen and oxygen atoms in total. The second kappa shape index (κ2) is 3.65. The summed E-state index contributed by atoms with van der Waals surface area (Å²) in [6.45, 7) is 0.772. The normalized spacial score (nSPS) is 30.4. The van der Waals surface area contributed by atoms with E-state index in [1.54, 1.807) is 0 Å². The third-order valence-corrected chi connectivity index (χ3v) is 3.71. The van der Waals surface area contributed by atoms with E-state index in [1.807, 2.05) is 12.1 Å². The van der Waals surface area contributed by atoms with Gasteiger partial charge in [0.05, 0.1) is 6.61 Å². The summed E-state index contributed by atoms with van der Waals surface area (Å²) in [5.41, 5.74) is 6.92. The van der Waals surface area contributed by atoms with E-state index in [0.29, 0.717) is 12.5 Å². The minimum atomic E-state index is -0.0339. The molecule has 0 radical (unpaired) electrons. The lowest BCUT2D eigenvalue weighted by Gasteiger charge is -2.10. The van der Waals surface area contributed by atoms with Crippen LogP contribution < -0.4 is 5.73 Å². The third-order valence-electron chi connectivity index (χ3n) is 3.18. The number of nitrogens with two attached hydrogens (primary N) is 1. The molecule has 0 unspecified atom stereocenters. The second-order valence-electron chi connectivity index (χ2n) is 4.03. The molecule has 0 aliphatic heterocycles. The van der Waals surface area contributed by atoms with Crippen LogP contribution in [0.5, 0.6) is 0 Å². The lowest BCUT2D eigenvalue weighted by molar-refractivity contribution is 0.211. The van der Waals surface area contributed by atoms with Crippen LogP contribution in [0.2, 0.25) is 0 Å². The predicted molar refractivity (Wildman–Crippen MR) is 60.1 cm³/mol. The smallest absolute Gasteiger partial charge is 0.0505 e. The average molecular weight is 256 g/mol. The first kappa shape index (κ1) is 10.1. The zero-order valence-corrected chi connectivity index (χ0v) is 9.50. The van der Waals surface area contributed by atoms with Crippen LogP contribution in [0.25, 0.3) is 0 Å². The van der Waals surface area contributed by atoms with E-state index in [4.69, 9.17) is 5.73 Å². The Morgan fingerprint density at radius 3 is 2.50 bits per heavy atom. The van der Waals surface area contributed by atoms with E-state index in [-0.39, 0.29) is 12.0 Å². The Morgan fingerprint density at radius 2 is 2.07 bits per heavy atom. The fraction of sp³-hybridized carbons (Fsp3) is 0.455. The molecule has 1 aromatic carbocycles. The Labute approximate surface area is 92.3 Å². The van der Waals surface area contributed by atoms with Gasteiger partial charge in [0.25, 0.3) is 0 Å². The molecule has 1 aromatic rings. The van der Waals surface area contributed by atoms with Crippen molar-refractivity contribution in [1.29, 1.82) is 0 Å². The van der Waals surface area contributed by atoms with Gasteiger partial charge >= 0.3 is 0 Å². The Kier molecular flexibility index (Phi) is 2.64. The number of aliphatic hydroxyl groups excluding tert-OH is 1. The lowest BCUT2D eigenvalue weighted by Crippen LogP contribution is -2.21. The van der Waals surface area contributed by atoms with Gasteiger partial charge in [-0.15, -0.1) is 0 Å². The molecule has 0 bridgehead atoms. The third kappa shape index (κ3) is 1.60. The first-order chi connectivity index (χ1) is 6.72. The number of hydrogen-bond acceptors (Lipinski definition) is 2. The van der Waals surface area contributed by atoms with Gasteiger partial charge in [0.2, 0.25) is 0 Å². The molecule has 0 amide bonds. The van der Waals surface area contributed by atoms with Gasteiger partial charge in [-0.2, -0.15) is 0 Å². The van der Waals surface area contributed by atoms with Crippen LogP contribution >= 0.6 is 15.9 Å². The SMILES string of the molecule is NC[C@]1(CO)C[C@H]1c1ccc(Br)cc1. The summed E-state index contributed by atoms with van der Waals surface area (Å²) in [6, 6.07) is 8.27. The number of benzene rings is 1. The van der Waals surface area contributed by atoms with E-state index in [0.717, 1.165) is 10.9 Å². The van der Waals surface area contributed by atoms with Gasteiger partial charge in [-0.1, -0.05) is 28.1 Å². The summed E-state index contributed by atoms with van der Waals surface area (Å²) >= 11 is 3.40. The van der Waals surface area contributed by atoms with Gasteiger partial charge in [0, 0.05) is 16.4 Å². The van der Waals surface area contributed by atoms with Crippen molar-refractivity contribution in [3.63, 3.8) is 0 Å². The van der Waals surface area contributed by atoms with E-state index in [9.17, 15) is 5.11 Å². The molecule has 1 fully saturated rings. The highest BCUT2D eigenvalue weighted by Gasteiger charge is 2.53. The van der Waals surface area contributed by atoms with E-state index in [2.05, 4.69) is 28.1 Å². The zero-order chi connectivity index (χ0) is 10.2. The molecule has 0 spiro atoms. The summed E-state index contributed by atoms with van der Waals surface area (Å²) in [5.74, 6) is 0.450. The van der Waals surface area contributed by atoms with Crippen LogP contribution in [-0.2, 0) is 0 Å². The van der Waals surface area contributed by atoms with Crippen molar-refractivity contribution in [3.8, 4) is 0 Å². The maximum Gasteiger partial charge on any atom is 0.0505 e. The molecule has 1 aliphatic rings. The van der Waals surface area contributed by atoms with Crippen LogP contribution in [-0.4, -0.2) is 18.3 Å². The monoisotopic (exact) mass is 255 g/mol. The van der Waals surface area contributed by atoms with Crippen LogP contribution in [0.3, 0.4) is 0 Å². The molecule has 0 aromatic heterocycles. The number of aliphatic hydroxyl groups is 1. The number of hydrogen-bond donors (Lipinski definition) is 2. The molecule has 0 saturated heterocycles. The highest BCUT2D eigenvalue weighted by molar-refractivity contribution is 9.10. The molecular weight excluding hydrogens is 242 g/mol. The Morgan fingerprint density at radius 1 is 1.43 bits per heavy atom. The van der Waals surface area contributed by atoms with Crippen LogP contribution in [0.15, 0.2) is 28.7 Å². The van der Waals surface area contributed by atoms with Gasteiger partial charge in [-0.25, -0.2) is 0 Å². The average Bonchev–Trinajstić information content (AvgIpc) is 2.94. The summed E-state index contributed by atoms with van der Waals surface area (Å²) in [4.78, 5) is 0. The quantitative estimate of drug-likeness (QED) is 0.867. The Balaban J connectivity index is 2.16. The molecule has 2 rings (SSSR count). The number of rotatable bonds is 3. The highest BCUT2D eigenvalue weighted by atomic mass is 79.9. The summed E-state index contributed by atoms with van der Waals surface area (Å²) < 4.78 is 1.09. The van der Waals surface area contributed by atoms with Crippen molar-refractivity contribution in [2.45, 2.75) is 12.3 Å². The predicted octanol–water partition coefficient (Wildman–Crippen LogP) is 1.87. The second-order valence-corrected chi connectivity index (χ2v) is 4.95. The molecule has 76 valence electrons. The molecular formula is C11H14BrNO. The standard InChI is InChI=1S/C11H14BrNO/c12-9-3-1-8(2-4-9)10-5-11(10,6-13)7-14/h1-4,10,14H,5-7,13H2/t10-,11-/m0/s1. The van der Waals surface area contributed by atoms with Crippen molar-refractivity contribution >= 4 is 15.9 Å². The van der Waals surface area contributed by atoms with Crippen LogP contribution in [0.1, 0.15) is 17.9 Å². The van der Waals surface area contributed by atoms with Crippen molar-refractivity contribution in [3.05, 3.63) is 34.3 Å². The fourth-order valence-electron chi connectivity index (χ4n) is 1.98. The summed E-state index contributed by atoms with van der Waals surface area (Å²) in [5, 5.41) is 9.25. The van der Waals surface area contributed by atoms with Crippen molar-refractivity contribution in [2.24, 2.45) is 11.1 Å². The number of halogens is 1. The molecule has 14 heavy (non-hydrogen) atoms. The topological polar surface area (TPSA) is 46.2 Å². The largest absolute Gasteiger partial charge is 0.396 e. The molecule has 3 N–H and O–H groups in total. The minimum Gasteiger partial charge on any atom is -0.396 e. The first-order valence-electron chi connectivity index (χ1n) is 4.78. The van der Waals surface area contributed by atoms with Gasteiger partial charge in [0.15, 0.2) is 0 Å². The molecule has 0 heterocycles. The van der Waals surface area contributed by atoms with Crippen molar-refractivity contribution < 1.29 is 5.11 Å². The van der Waals surface area contributed by atoms with Crippen LogP contribution in [0, 0.1) is 5.41 Å².